The zero-order chi connectivity index (χ0) is 26.7. The van der Waals surface area contributed by atoms with Gasteiger partial charge in [-0.3, -0.25) is 14.4 Å². The van der Waals surface area contributed by atoms with E-state index in [-0.39, 0.29) is 29.7 Å². The number of carbonyl (C=O) groups excluding carboxylic acids is 3. The molecule has 196 valence electrons. The van der Waals surface area contributed by atoms with Gasteiger partial charge in [-0.05, 0) is 66.3 Å². The maximum atomic E-state index is 13.5. The monoisotopic (exact) mass is 531 g/mol. The van der Waals surface area contributed by atoms with Crippen LogP contribution in [-0.4, -0.2) is 53.4 Å². The summed E-state index contributed by atoms with van der Waals surface area (Å²) < 4.78 is 51.8. The third kappa shape index (κ3) is 6.15. The molecule has 1 heterocycles. The number of esters is 1. The number of benzene rings is 2. The fourth-order valence-corrected chi connectivity index (χ4v) is 5.11. The molecular formula is C25H26FN3O7S. The first-order chi connectivity index (χ1) is 17.6. The van der Waals surface area contributed by atoms with Gasteiger partial charge in [-0.2, -0.15) is 0 Å². The van der Waals surface area contributed by atoms with Crippen LogP contribution < -0.4 is 15.4 Å². The van der Waals surface area contributed by atoms with Gasteiger partial charge in [0.05, 0.1) is 25.0 Å². The Morgan fingerprint density at radius 1 is 1.11 bits per heavy atom. The van der Waals surface area contributed by atoms with E-state index in [4.69, 9.17) is 4.42 Å². The quantitative estimate of drug-likeness (QED) is 0.340. The summed E-state index contributed by atoms with van der Waals surface area (Å²) in [7, 11) is -1.28. The van der Waals surface area contributed by atoms with Crippen LogP contribution in [0.15, 0.2) is 40.8 Å². The van der Waals surface area contributed by atoms with Crippen molar-refractivity contribution in [1.82, 2.24) is 15.4 Å². The maximum absolute atomic E-state index is 13.5. The third-order valence-corrected chi connectivity index (χ3v) is 7.26. The standard InChI is InChI=1S/C25H26FN3O7S/c1-27-25(32)23-19-10-18(14-3-4-14)16(9-20(19)36-24(23)15-5-7-17(26)8-6-15)13-37(33,34)29-11-21(30)28-12-22(31)35-2/h5-10,14,29H,3-4,11-13H2,1-2H3,(H,27,32)(H,28,30). The molecule has 1 aliphatic carbocycles. The molecule has 0 unspecified atom stereocenters. The van der Waals surface area contributed by atoms with Gasteiger partial charge in [-0.15, -0.1) is 0 Å². The molecule has 1 saturated carbocycles. The Bertz CT molecular complexity index is 1460. The van der Waals surface area contributed by atoms with Crippen molar-refractivity contribution in [2.45, 2.75) is 24.5 Å². The molecule has 0 bridgehead atoms. The van der Waals surface area contributed by atoms with Gasteiger partial charge in [-0.25, -0.2) is 17.5 Å². The molecule has 1 fully saturated rings. The van der Waals surface area contributed by atoms with Crippen molar-refractivity contribution in [2.75, 3.05) is 27.2 Å². The Morgan fingerprint density at radius 3 is 2.43 bits per heavy atom. The minimum Gasteiger partial charge on any atom is -0.468 e. The molecule has 0 radical (unpaired) electrons. The van der Waals surface area contributed by atoms with Crippen LogP contribution in [0.4, 0.5) is 4.39 Å². The Labute approximate surface area is 212 Å². The van der Waals surface area contributed by atoms with Crippen molar-refractivity contribution in [3.63, 3.8) is 0 Å². The Hall–Kier alpha value is -3.77. The van der Waals surface area contributed by atoms with E-state index in [0.717, 1.165) is 18.4 Å². The number of ether oxygens (including phenoxy) is 1. The summed E-state index contributed by atoms with van der Waals surface area (Å²) in [6.45, 7) is -0.918. The van der Waals surface area contributed by atoms with Gasteiger partial charge in [-0.1, -0.05) is 0 Å². The van der Waals surface area contributed by atoms with Gasteiger partial charge in [0.2, 0.25) is 15.9 Å². The minimum absolute atomic E-state index is 0.139. The Balaban J connectivity index is 1.66. The molecule has 0 saturated heterocycles. The van der Waals surface area contributed by atoms with Crippen molar-refractivity contribution in [3.05, 3.63) is 58.9 Å². The molecule has 0 aliphatic heterocycles. The van der Waals surface area contributed by atoms with E-state index in [1.807, 2.05) is 0 Å². The third-order valence-electron chi connectivity index (χ3n) is 5.98. The van der Waals surface area contributed by atoms with Gasteiger partial charge in [0.25, 0.3) is 5.91 Å². The number of methoxy groups -OCH3 is 1. The fourth-order valence-electron chi connectivity index (χ4n) is 3.99. The van der Waals surface area contributed by atoms with Crippen LogP contribution in [0.1, 0.15) is 40.2 Å². The summed E-state index contributed by atoms with van der Waals surface area (Å²) in [4.78, 5) is 35.8. The summed E-state index contributed by atoms with van der Waals surface area (Å²) >= 11 is 0. The summed E-state index contributed by atoms with van der Waals surface area (Å²) in [5, 5.41) is 5.39. The smallest absolute Gasteiger partial charge is 0.325 e. The summed E-state index contributed by atoms with van der Waals surface area (Å²) in [6.07, 6.45) is 1.75. The van der Waals surface area contributed by atoms with E-state index in [2.05, 4.69) is 20.1 Å². The van der Waals surface area contributed by atoms with Crippen LogP contribution in [0, 0.1) is 5.82 Å². The highest BCUT2D eigenvalue weighted by Crippen LogP contribution is 2.45. The van der Waals surface area contributed by atoms with E-state index in [1.54, 1.807) is 12.1 Å². The van der Waals surface area contributed by atoms with Gasteiger partial charge < -0.3 is 19.8 Å². The lowest BCUT2D eigenvalue weighted by molar-refractivity contribution is -0.141. The lowest BCUT2D eigenvalue weighted by Gasteiger charge is -2.11. The number of carbonyl (C=O) groups is 3. The largest absolute Gasteiger partial charge is 0.468 e. The van der Waals surface area contributed by atoms with E-state index < -0.39 is 40.0 Å². The number of hydrogen-bond acceptors (Lipinski definition) is 7. The Kier molecular flexibility index (Phi) is 7.60. The second-order valence-electron chi connectivity index (χ2n) is 8.65. The second-order valence-corrected chi connectivity index (χ2v) is 10.5. The number of nitrogens with one attached hydrogen (secondary N) is 3. The first-order valence-corrected chi connectivity index (χ1v) is 13.1. The molecule has 3 aromatic rings. The molecule has 2 amide bonds. The average Bonchev–Trinajstić information content (AvgIpc) is 3.66. The molecule has 1 aliphatic rings. The molecule has 37 heavy (non-hydrogen) atoms. The average molecular weight is 532 g/mol. The molecule has 1 aromatic heterocycles. The normalized spacial score (nSPS) is 13.4. The summed E-state index contributed by atoms with van der Waals surface area (Å²) in [6, 6.07) is 8.90. The van der Waals surface area contributed by atoms with Crippen molar-refractivity contribution in [1.29, 1.82) is 0 Å². The first-order valence-electron chi connectivity index (χ1n) is 11.5. The van der Waals surface area contributed by atoms with Crippen molar-refractivity contribution in [2.24, 2.45) is 0 Å². The molecule has 0 atom stereocenters. The zero-order valence-corrected chi connectivity index (χ0v) is 21.0. The summed E-state index contributed by atoms with van der Waals surface area (Å²) in [5.74, 6) is -2.20. The van der Waals surface area contributed by atoms with E-state index in [9.17, 15) is 27.2 Å². The van der Waals surface area contributed by atoms with Crippen molar-refractivity contribution >= 4 is 38.8 Å². The number of hydrogen-bond donors (Lipinski definition) is 3. The lowest BCUT2D eigenvalue weighted by atomic mass is 9.98. The number of rotatable bonds is 10. The Morgan fingerprint density at radius 2 is 1.81 bits per heavy atom. The molecular weight excluding hydrogens is 505 g/mol. The summed E-state index contributed by atoms with van der Waals surface area (Å²) in [5.41, 5.74) is 2.35. The molecule has 10 nitrogen and oxygen atoms in total. The van der Waals surface area contributed by atoms with Crippen LogP contribution in [0.5, 0.6) is 0 Å². The number of halogens is 1. The van der Waals surface area contributed by atoms with Gasteiger partial charge >= 0.3 is 5.97 Å². The van der Waals surface area contributed by atoms with Gasteiger partial charge in [0.1, 0.15) is 23.7 Å². The molecule has 3 N–H and O–H groups in total. The molecule has 12 heteroatoms. The predicted octanol–water partition coefficient (Wildman–Crippen LogP) is 2.18. The molecule has 2 aromatic carbocycles. The van der Waals surface area contributed by atoms with Crippen LogP contribution in [0.2, 0.25) is 0 Å². The van der Waals surface area contributed by atoms with E-state index in [0.29, 0.717) is 22.1 Å². The topological polar surface area (TPSA) is 144 Å². The highest BCUT2D eigenvalue weighted by atomic mass is 32.2. The number of amides is 2. The van der Waals surface area contributed by atoms with E-state index >= 15 is 0 Å². The van der Waals surface area contributed by atoms with Gasteiger partial charge in [0, 0.05) is 18.0 Å². The lowest BCUT2D eigenvalue weighted by Crippen LogP contribution is -2.39. The van der Waals surface area contributed by atoms with Crippen LogP contribution >= 0.6 is 0 Å². The fraction of sp³-hybridized carbons (Fsp3) is 0.320. The van der Waals surface area contributed by atoms with Crippen molar-refractivity contribution < 1.29 is 36.3 Å². The van der Waals surface area contributed by atoms with Crippen LogP contribution in [0.3, 0.4) is 0 Å². The predicted molar refractivity (Wildman–Crippen MR) is 133 cm³/mol. The van der Waals surface area contributed by atoms with Crippen molar-refractivity contribution in [3.8, 4) is 11.3 Å². The van der Waals surface area contributed by atoms with Crippen LogP contribution in [-0.2, 0) is 30.1 Å². The maximum Gasteiger partial charge on any atom is 0.325 e. The highest BCUT2D eigenvalue weighted by molar-refractivity contribution is 7.88. The number of furan rings is 1. The van der Waals surface area contributed by atoms with Gasteiger partial charge in [0.15, 0.2) is 0 Å². The number of fused-ring (bicyclic) bond motifs is 1. The van der Waals surface area contributed by atoms with Crippen LogP contribution in [0.25, 0.3) is 22.3 Å². The highest BCUT2D eigenvalue weighted by Gasteiger charge is 2.31. The second kappa shape index (κ2) is 10.7. The minimum atomic E-state index is -3.94. The molecule has 0 spiro atoms. The molecule has 4 rings (SSSR count). The first kappa shape index (κ1) is 26.3. The number of sulfonamides is 1. The SMILES string of the molecule is CNC(=O)c1c(-c2ccc(F)cc2)oc2cc(CS(=O)(=O)NCC(=O)NCC(=O)OC)c(C3CC3)cc12. The zero-order valence-electron chi connectivity index (χ0n) is 20.2. The van der Waals surface area contributed by atoms with E-state index in [1.165, 1.54) is 38.4 Å².